The van der Waals surface area contributed by atoms with Gasteiger partial charge in [0.05, 0.1) is 17.4 Å². The molecule has 2 atom stereocenters. The smallest absolute Gasteiger partial charge is 0.270 e. The summed E-state index contributed by atoms with van der Waals surface area (Å²) in [5.74, 6) is 2.21. The molecule has 8 heteroatoms. The summed E-state index contributed by atoms with van der Waals surface area (Å²) in [7, 11) is 0. The number of aromatic nitrogens is 1. The monoisotopic (exact) mass is 326 g/mol. The van der Waals surface area contributed by atoms with Crippen LogP contribution >= 0.6 is 23.1 Å². The van der Waals surface area contributed by atoms with Crippen LogP contribution in [0.1, 0.15) is 16.9 Å². The zero-order valence-corrected chi connectivity index (χ0v) is 13.2. The third kappa shape index (κ3) is 3.56. The Morgan fingerprint density at radius 2 is 2.43 bits per heavy atom. The Bertz CT molecular complexity index is 502. The Hall–Kier alpha value is -1.12. The van der Waals surface area contributed by atoms with Crippen molar-refractivity contribution in [1.82, 2.24) is 20.5 Å². The van der Waals surface area contributed by atoms with Crippen LogP contribution in [-0.2, 0) is 4.79 Å². The number of hydrogen-bond donors (Lipinski definition) is 2. The summed E-state index contributed by atoms with van der Waals surface area (Å²) in [6.45, 7) is 2.21. The second-order valence-electron chi connectivity index (χ2n) is 5.29. The fourth-order valence-electron chi connectivity index (χ4n) is 2.61. The Morgan fingerprint density at radius 1 is 1.52 bits per heavy atom. The van der Waals surface area contributed by atoms with Crippen molar-refractivity contribution in [3.05, 3.63) is 16.6 Å². The van der Waals surface area contributed by atoms with Crippen molar-refractivity contribution in [3.63, 3.8) is 0 Å². The highest BCUT2D eigenvalue weighted by atomic mass is 32.2. The molecule has 1 aromatic heterocycles. The van der Waals surface area contributed by atoms with Crippen LogP contribution in [0.2, 0.25) is 0 Å². The van der Waals surface area contributed by atoms with Crippen LogP contribution in [0.3, 0.4) is 0 Å². The van der Waals surface area contributed by atoms with Crippen LogP contribution in [0.25, 0.3) is 0 Å². The molecule has 114 valence electrons. The van der Waals surface area contributed by atoms with E-state index in [4.69, 9.17) is 0 Å². The molecule has 0 spiro atoms. The fourth-order valence-corrected chi connectivity index (χ4v) is 4.10. The summed E-state index contributed by atoms with van der Waals surface area (Å²) < 4.78 is 0. The van der Waals surface area contributed by atoms with E-state index in [0.29, 0.717) is 18.2 Å². The summed E-state index contributed by atoms with van der Waals surface area (Å²) in [5, 5.41) is 7.90. The Labute approximate surface area is 131 Å². The van der Waals surface area contributed by atoms with Crippen molar-refractivity contribution in [3.8, 4) is 0 Å². The van der Waals surface area contributed by atoms with E-state index in [2.05, 4.69) is 15.6 Å². The Morgan fingerprint density at radius 3 is 3.14 bits per heavy atom. The molecule has 0 bridgehead atoms. The number of nitrogens with zero attached hydrogens (tertiary/aromatic N) is 2. The zero-order chi connectivity index (χ0) is 14.7. The van der Waals surface area contributed by atoms with Gasteiger partial charge in [-0.3, -0.25) is 9.59 Å². The molecule has 6 nitrogen and oxygen atoms in total. The first kappa shape index (κ1) is 14.8. The van der Waals surface area contributed by atoms with Crippen LogP contribution in [0.4, 0.5) is 0 Å². The lowest BCUT2D eigenvalue weighted by molar-refractivity contribution is -0.131. The van der Waals surface area contributed by atoms with Crippen LogP contribution in [0.5, 0.6) is 0 Å². The van der Waals surface area contributed by atoms with Crippen molar-refractivity contribution in [2.75, 3.05) is 31.3 Å². The predicted molar refractivity (Wildman–Crippen MR) is 83.4 cm³/mol. The van der Waals surface area contributed by atoms with Gasteiger partial charge in [-0.1, -0.05) is 0 Å². The Kier molecular flexibility index (Phi) is 4.77. The van der Waals surface area contributed by atoms with Crippen LogP contribution in [0, 0.1) is 5.92 Å². The molecule has 0 aliphatic carbocycles. The van der Waals surface area contributed by atoms with Gasteiger partial charge in [-0.2, -0.15) is 0 Å². The van der Waals surface area contributed by atoms with Gasteiger partial charge in [-0.15, -0.1) is 23.1 Å². The standard InChI is InChI=1S/C13H18N4O2S2/c18-12(11-6-21-7-16-11)15-5-9-3-10(14-4-9)13(19)17-1-2-20-8-17/h6-7,9-10,14H,1-5,8H2,(H,15,18)/t9-,10-/m0/s1. The summed E-state index contributed by atoms with van der Waals surface area (Å²) in [6, 6.07) is -0.0927. The van der Waals surface area contributed by atoms with E-state index in [1.807, 2.05) is 4.90 Å². The normalized spacial score (nSPS) is 25.2. The molecular weight excluding hydrogens is 308 g/mol. The quantitative estimate of drug-likeness (QED) is 0.837. The molecule has 2 fully saturated rings. The number of thiazole rings is 1. The summed E-state index contributed by atoms with van der Waals surface area (Å²) in [5.41, 5.74) is 2.11. The van der Waals surface area contributed by atoms with E-state index in [1.165, 1.54) is 11.3 Å². The second kappa shape index (κ2) is 6.76. The highest BCUT2D eigenvalue weighted by Gasteiger charge is 2.33. The lowest BCUT2D eigenvalue weighted by Gasteiger charge is -2.19. The van der Waals surface area contributed by atoms with Crippen molar-refractivity contribution < 1.29 is 9.59 Å². The van der Waals surface area contributed by atoms with Crippen molar-refractivity contribution in [2.45, 2.75) is 12.5 Å². The lowest BCUT2D eigenvalue weighted by atomic mass is 10.0. The highest BCUT2D eigenvalue weighted by Crippen LogP contribution is 2.20. The third-order valence-electron chi connectivity index (χ3n) is 3.80. The molecule has 21 heavy (non-hydrogen) atoms. The van der Waals surface area contributed by atoms with Crippen molar-refractivity contribution >= 4 is 34.9 Å². The number of nitrogens with one attached hydrogen (secondary N) is 2. The molecule has 0 saturated carbocycles. The maximum absolute atomic E-state index is 12.3. The van der Waals surface area contributed by atoms with E-state index < -0.39 is 0 Å². The highest BCUT2D eigenvalue weighted by molar-refractivity contribution is 7.99. The molecule has 0 aromatic carbocycles. The largest absolute Gasteiger partial charge is 0.350 e. The van der Waals surface area contributed by atoms with E-state index in [-0.39, 0.29) is 17.9 Å². The van der Waals surface area contributed by atoms with Gasteiger partial charge in [0.2, 0.25) is 5.91 Å². The zero-order valence-electron chi connectivity index (χ0n) is 11.6. The number of thioether (sulfide) groups is 1. The van der Waals surface area contributed by atoms with Gasteiger partial charge in [-0.05, 0) is 12.3 Å². The number of carbonyl (C=O) groups excluding carboxylic acids is 2. The minimum atomic E-state index is -0.137. The summed E-state index contributed by atoms with van der Waals surface area (Å²) >= 11 is 3.21. The van der Waals surface area contributed by atoms with E-state index >= 15 is 0 Å². The van der Waals surface area contributed by atoms with Crippen LogP contribution < -0.4 is 10.6 Å². The topological polar surface area (TPSA) is 74.3 Å². The first-order valence-corrected chi connectivity index (χ1v) is 9.10. The van der Waals surface area contributed by atoms with Gasteiger partial charge in [0.25, 0.3) is 5.91 Å². The first-order chi connectivity index (χ1) is 10.2. The molecule has 2 aliphatic rings. The van der Waals surface area contributed by atoms with Gasteiger partial charge in [-0.25, -0.2) is 4.98 Å². The van der Waals surface area contributed by atoms with Gasteiger partial charge in [0.15, 0.2) is 0 Å². The van der Waals surface area contributed by atoms with Crippen molar-refractivity contribution in [1.29, 1.82) is 0 Å². The maximum atomic E-state index is 12.3. The van der Waals surface area contributed by atoms with Gasteiger partial charge in [0, 0.05) is 30.8 Å². The molecule has 0 radical (unpaired) electrons. The molecular formula is C13H18N4O2S2. The molecule has 3 rings (SSSR count). The van der Waals surface area contributed by atoms with E-state index in [9.17, 15) is 9.59 Å². The Balaban J connectivity index is 1.44. The molecule has 0 unspecified atom stereocenters. The molecule has 2 N–H and O–H groups in total. The summed E-state index contributed by atoms with van der Waals surface area (Å²) in [6.07, 6.45) is 0.789. The number of rotatable bonds is 4. The maximum Gasteiger partial charge on any atom is 0.270 e. The van der Waals surface area contributed by atoms with Crippen LogP contribution in [0.15, 0.2) is 10.9 Å². The number of amides is 2. The van der Waals surface area contributed by atoms with Gasteiger partial charge in [0.1, 0.15) is 5.69 Å². The minimum Gasteiger partial charge on any atom is -0.350 e. The first-order valence-electron chi connectivity index (χ1n) is 7.00. The number of hydrogen-bond acceptors (Lipinski definition) is 6. The third-order valence-corrected chi connectivity index (χ3v) is 5.35. The predicted octanol–water partition coefficient (Wildman–Crippen LogP) is 0.384. The summed E-state index contributed by atoms with van der Waals surface area (Å²) in [4.78, 5) is 30.0. The SMILES string of the molecule is O=C(NC[C@@H]1CN[C@H](C(=O)N2CCSC2)C1)c1cscn1. The average molecular weight is 326 g/mol. The molecule has 3 heterocycles. The number of carbonyl (C=O) groups is 2. The van der Waals surface area contributed by atoms with Crippen LogP contribution in [-0.4, -0.2) is 59.0 Å². The fraction of sp³-hybridized carbons (Fsp3) is 0.615. The average Bonchev–Trinajstić information content (AvgIpc) is 3.26. The van der Waals surface area contributed by atoms with E-state index in [1.54, 1.807) is 22.7 Å². The van der Waals surface area contributed by atoms with Gasteiger partial charge >= 0.3 is 0 Å². The second-order valence-corrected chi connectivity index (χ2v) is 7.08. The molecule has 1 aromatic rings. The molecule has 2 aliphatic heterocycles. The molecule has 2 saturated heterocycles. The molecule has 2 amide bonds. The lowest BCUT2D eigenvalue weighted by Crippen LogP contribution is -2.42. The van der Waals surface area contributed by atoms with Crippen molar-refractivity contribution in [2.24, 2.45) is 5.92 Å². The van der Waals surface area contributed by atoms with E-state index in [0.717, 1.165) is 31.1 Å². The minimum absolute atomic E-state index is 0.0927. The van der Waals surface area contributed by atoms with Gasteiger partial charge < -0.3 is 15.5 Å².